The molecule has 1 aromatic carbocycles. The summed E-state index contributed by atoms with van der Waals surface area (Å²) in [5.74, 6) is 5.78. The molecule has 102 valence electrons. The summed E-state index contributed by atoms with van der Waals surface area (Å²) in [5, 5.41) is 3.21. The zero-order valence-electron chi connectivity index (χ0n) is 11.0. The summed E-state index contributed by atoms with van der Waals surface area (Å²) in [6.45, 7) is 5.65. The highest BCUT2D eigenvalue weighted by atomic mass is 79.9. The van der Waals surface area contributed by atoms with E-state index in [9.17, 15) is 4.79 Å². The first kappa shape index (κ1) is 15.9. The number of benzene rings is 1. The van der Waals surface area contributed by atoms with E-state index in [-0.39, 0.29) is 6.54 Å². The van der Waals surface area contributed by atoms with Crippen LogP contribution in [0.15, 0.2) is 22.7 Å². The van der Waals surface area contributed by atoms with Crippen LogP contribution in [0.3, 0.4) is 0 Å². The van der Waals surface area contributed by atoms with E-state index < -0.39 is 11.7 Å². The van der Waals surface area contributed by atoms with Gasteiger partial charge in [0.25, 0.3) is 0 Å². The minimum absolute atomic E-state index is 0.226. The van der Waals surface area contributed by atoms with Gasteiger partial charge in [-0.1, -0.05) is 23.4 Å². The van der Waals surface area contributed by atoms with Gasteiger partial charge in [-0.25, -0.2) is 4.79 Å². The molecule has 0 aliphatic rings. The third-order valence-electron chi connectivity index (χ3n) is 1.87. The van der Waals surface area contributed by atoms with E-state index in [2.05, 4.69) is 33.1 Å². The maximum atomic E-state index is 11.4. The Labute approximate surface area is 126 Å². The molecule has 0 heterocycles. The number of alkyl carbamates (subject to hydrolysis) is 1. The average Bonchev–Trinajstić information content (AvgIpc) is 2.24. The molecule has 0 aliphatic carbocycles. The van der Waals surface area contributed by atoms with Gasteiger partial charge in [0, 0.05) is 15.1 Å². The van der Waals surface area contributed by atoms with Gasteiger partial charge in [0.05, 0.1) is 6.54 Å². The van der Waals surface area contributed by atoms with E-state index >= 15 is 0 Å². The maximum Gasteiger partial charge on any atom is 0.408 e. The van der Waals surface area contributed by atoms with Crippen molar-refractivity contribution in [2.45, 2.75) is 26.4 Å². The number of amides is 1. The van der Waals surface area contributed by atoms with Gasteiger partial charge in [0.15, 0.2) is 0 Å². The summed E-state index contributed by atoms with van der Waals surface area (Å²) in [6, 6.07) is 5.34. The highest BCUT2D eigenvalue weighted by molar-refractivity contribution is 9.10. The van der Waals surface area contributed by atoms with E-state index in [0.29, 0.717) is 5.02 Å². The van der Waals surface area contributed by atoms with E-state index in [0.717, 1.165) is 10.0 Å². The minimum Gasteiger partial charge on any atom is -0.444 e. The Hall–Kier alpha value is -1.18. The molecule has 0 radical (unpaired) electrons. The predicted molar refractivity (Wildman–Crippen MR) is 80.3 cm³/mol. The average molecular weight is 345 g/mol. The van der Waals surface area contributed by atoms with Gasteiger partial charge in [-0.15, -0.1) is 0 Å². The lowest BCUT2D eigenvalue weighted by Crippen LogP contribution is -2.32. The number of hydrogen-bond donors (Lipinski definition) is 1. The molecule has 0 fully saturated rings. The van der Waals surface area contributed by atoms with Gasteiger partial charge < -0.3 is 10.1 Å². The number of carbonyl (C=O) groups is 1. The fourth-order valence-corrected chi connectivity index (χ4v) is 1.94. The Morgan fingerprint density at radius 1 is 1.47 bits per heavy atom. The molecule has 5 heteroatoms. The SMILES string of the molecule is CC(C)(C)OC(=O)NCC#Cc1ccc(Cl)cc1Br. The highest BCUT2D eigenvalue weighted by Crippen LogP contribution is 2.20. The number of ether oxygens (including phenoxy) is 1. The van der Waals surface area contributed by atoms with Crippen molar-refractivity contribution in [3.05, 3.63) is 33.3 Å². The summed E-state index contributed by atoms with van der Waals surface area (Å²) in [5.41, 5.74) is 0.312. The second-order valence-corrected chi connectivity index (χ2v) is 6.07. The van der Waals surface area contributed by atoms with E-state index in [1.54, 1.807) is 12.1 Å². The molecule has 0 bridgehead atoms. The van der Waals surface area contributed by atoms with Gasteiger partial charge in [-0.2, -0.15) is 0 Å². The van der Waals surface area contributed by atoms with E-state index in [4.69, 9.17) is 16.3 Å². The molecule has 0 unspecified atom stereocenters. The van der Waals surface area contributed by atoms with Crippen molar-refractivity contribution in [1.29, 1.82) is 0 Å². The second-order valence-electron chi connectivity index (χ2n) is 4.78. The molecular weight excluding hydrogens is 330 g/mol. The number of halogens is 2. The summed E-state index contributed by atoms with van der Waals surface area (Å²) in [7, 11) is 0. The van der Waals surface area contributed by atoms with Crippen LogP contribution in [0.25, 0.3) is 0 Å². The van der Waals surface area contributed by atoms with Crippen molar-refractivity contribution in [2.75, 3.05) is 6.54 Å². The Kier molecular flexibility index (Phi) is 5.71. The van der Waals surface area contributed by atoms with E-state index in [1.807, 2.05) is 26.8 Å². The second kappa shape index (κ2) is 6.83. The fraction of sp³-hybridized carbons (Fsp3) is 0.357. The first-order valence-corrected chi connectivity index (χ1v) is 6.86. The molecule has 0 spiro atoms. The molecule has 3 nitrogen and oxygen atoms in total. The number of nitrogens with one attached hydrogen (secondary N) is 1. The van der Waals surface area contributed by atoms with Crippen molar-refractivity contribution < 1.29 is 9.53 Å². The van der Waals surface area contributed by atoms with Crippen LogP contribution in [0.2, 0.25) is 5.02 Å². The number of carbonyl (C=O) groups excluding carboxylic acids is 1. The van der Waals surface area contributed by atoms with Crippen molar-refractivity contribution in [3.63, 3.8) is 0 Å². The third kappa shape index (κ3) is 6.51. The quantitative estimate of drug-likeness (QED) is 0.783. The molecule has 0 saturated heterocycles. The first-order valence-electron chi connectivity index (χ1n) is 5.69. The number of hydrogen-bond acceptors (Lipinski definition) is 2. The normalized spacial score (nSPS) is 10.4. The van der Waals surface area contributed by atoms with Gasteiger partial charge in [0.2, 0.25) is 0 Å². The fourth-order valence-electron chi connectivity index (χ4n) is 1.16. The summed E-state index contributed by atoms with van der Waals surface area (Å²) in [6.07, 6.45) is -0.475. The monoisotopic (exact) mass is 343 g/mol. The van der Waals surface area contributed by atoms with Crippen LogP contribution >= 0.6 is 27.5 Å². The molecule has 0 aliphatic heterocycles. The Balaban J connectivity index is 2.50. The molecule has 0 atom stereocenters. The maximum absolute atomic E-state index is 11.4. The van der Waals surface area contributed by atoms with E-state index in [1.165, 1.54) is 0 Å². The summed E-state index contributed by atoms with van der Waals surface area (Å²) >= 11 is 9.20. The van der Waals surface area contributed by atoms with Crippen LogP contribution in [0.1, 0.15) is 26.3 Å². The van der Waals surface area contributed by atoms with Crippen LogP contribution < -0.4 is 5.32 Å². The zero-order valence-corrected chi connectivity index (χ0v) is 13.4. The van der Waals surface area contributed by atoms with Crippen LogP contribution in [-0.4, -0.2) is 18.2 Å². The minimum atomic E-state index is -0.503. The lowest BCUT2D eigenvalue weighted by Gasteiger charge is -2.19. The number of rotatable bonds is 1. The molecule has 0 aromatic heterocycles. The van der Waals surface area contributed by atoms with Gasteiger partial charge in [-0.05, 0) is 54.9 Å². The molecular formula is C14H15BrClNO2. The third-order valence-corrected chi connectivity index (χ3v) is 2.77. The topological polar surface area (TPSA) is 38.3 Å². The molecule has 1 amide bonds. The molecule has 1 aromatic rings. The zero-order chi connectivity index (χ0) is 14.5. The summed E-state index contributed by atoms with van der Waals surface area (Å²) < 4.78 is 5.91. The molecule has 19 heavy (non-hydrogen) atoms. The van der Waals surface area contributed by atoms with Gasteiger partial charge in [0.1, 0.15) is 5.60 Å². The molecule has 0 saturated carbocycles. The van der Waals surface area contributed by atoms with Crippen molar-refractivity contribution in [2.24, 2.45) is 0 Å². The van der Waals surface area contributed by atoms with Crippen LogP contribution in [0, 0.1) is 11.8 Å². The smallest absolute Gasteiger partial charge is 0.408 e. The largest absolute Gasteiger partial charge is 0.444 e. The Morgan fingerprint density at radius 3 is 2.74 bits per heavy atom. The molecule has 1 rings (SSSR count). The van der Waals surface area contributed by atoms with Gasteiger partial charge in [-0.3, -0.25) is 0 Å². The van der Waals surface area contributed by atoms with Gasteiger partial charge >= 0.3 is 6.09 Å². The lowest BCUT2D eigenvalue weighted by molar-refractivity contribution is 0.0535. The first-order chi connectivity index (χ1) is 8.78. The van der Waals surface area contributed by atoms with Crippen molar-refractivity contribution >= 4 is 33.6 Å². The molecule has 1 N–H and O–H groups in total. The van der Waals surface area contributed by atoms with Crippen LogP contribution in [0.4, 0.5) is 4.79 Å². The Morgan fingerprint density at radius 2 is 2.16 bits per heavy atom. The standard InChI is InChI=1S/C14H15BrClNO2/c1-14(2,3)19-13(18)17-8-4-5-10-6-7-11(16)9-12(10)15/h6-7,9H,8H2,1-3H3,(H,17,18). The summed E-state index contributed by atoms with van der Waals surface area (Å²) in [4.78, 5) is 11.4. The predicted octanol–water partition coefficient (Wildman–Crippen LogP) is 3.98. The Bertz CT molecular complexity index is 526. The highest BCUT2D eigenvalue weighted by Gasteiger charge is 2.14. The van der Waals surface area contributed by atoms with Crippen molar-refractivity contribution in [3.8, 4) is 11.8 Å². The lowest BCUT2D eigenvalue weighted by atomic mass is 10.2. The van der Waals surface area contributed by atoms with Crippen molar-refractivity contribution in [1.82, 2.24) is 5.32 Å². The van der Waals surface area contributed by atoms with Crippen LogP contribution in [-0.2, 0) is 4.74 Å². The van der Waals surface area contributed by atoms with Crippen LogP contribution in [0.5, 0.6) is 0 Å².